The molecule has 0 aliphatic heterocycles. The van der Waals surface area contributed by atoms with Crippen LogP contribution < -0.4 is 10.0 Å². The predicted octanol–water partition coefficient (Wildman–Crippen LogP) is -0.885. The summed E-state index contributed by atoms with van der Waals surface area (Å²) in [4.78, 5) is 3.74. The molecule has 0 radical (unpaired) electrons. The van der Waals surface area contributed by atoms with Crippen LogP contribution in [0.5, 0.6) is 0 Å². The SMILES string of the molecule is CNCc1cn[nH]c1S(=O)(=O)Nc1nccnn1. The van der Waals surface area contributed by atoms with Crippen LogP contribution in [0, 0.1) is 0 Å². The van der Waals surface area contributed by atoms with Crippen molar-refractivity contribution in [1.82, 2.24) is 30.7 Å². The van der Waals surface area contributed by atoms with Crippen molar-refractivity contribution in [2.24, 2.45) is 0 Å². The Morgan fingerprint density at radius 2 is 2.22 bits per heavy atom. The number of nitrogens with zero attached hydrogens (tertiary/aromatic N) is 4. The van der Waals surface area contributed by atoms with E-state index >= 15 is 0 Å². The fourth-order valence-electron chi connectivity index (χ4n) is 1.31. The molecule has 2 heterocycles. The fraction of sp³-hybridized carbons (Fsp3) is 0.250. The molecule has 0 amide bonds. The Morgan fingerprint density at radius 1 is 1.39 bits per heavy atom. The number of sulfonamides is 1. The zero-order valence-electron chi connectivity index (χ0n) is 9.45. The lowest BCUT2D eigenvalue weighted by Gasteiger charge is -2.05. The fourth-order valence-corrected chi connectivity index (χ4v) is 2.39. The van der Waals surface area contributed by atoms with Crippen molar-refractivity contribution < 1.29 is 8.42 Å². The molecule has 0 aliphatic carbocycles. The molecule has 0 unspecified atom stereocenters. The summed E-state index contributed by atoms with van der Waals surface area (Å²) in [5.74, 6) is -0.0949. The molecule has 0 saturated carbocycles. The molecule has 0 atom stereocenters. The molecule has 0 fully saturated rings. The molecule has 0 aliphatic rings. The summed E-state index contributed by atoms with van der Waals surface area (Å²) >= 11 is 0. The third-order valence-corrected chi connectivity index (χ3v) is 3.36. The number of H-pyrrole nitrogens is 1. The van der Waals surface area contributed by atoms with Gasteiger partial charge in [0.2, 0.25) is 0 Å². The largest absolute Gasteiger partial charge is 0.316 e. The van der Waals surface area contributed by atoms with E-state index in [4.69, 9.17) is 0 Å². The molecule has 2 aromatic rings. The Hall–Kier alpha value is -2.07. The smallest absolute Gasteiger partial charge is 0.281 e. The molecule has 10 heteroatoms. The van der Waals surface area contributed by atoms with Gasteiger partial charge < -0.3 is 5.32 Å². The van der Waals surface area contributed by atoms with E-state index in [1.807, 2.05) is 0 Å². The molecule has 0 bridgehead atoms. The van der Waals surface area contributed by atoms with Crippen molar-refractivity contribution in [1.29, 1.82) is 0 Å². The molecule has 0 saturated heterocycles. The van der Waals surface area contributed by atoms with Crippen molar-refractivity contribution >= 4 is 16.0 Å². The Bertz CT molecular complexity index is 609. The van der Waals surface area contributed by atoms with Crippen LogP contribution in [0.1, 0.15) is 5.56 Å². The maximum absolute atomic E-state index is 12.0. The Kier molecular flexibility index (Phi) is 3.48. The summed E-state index contributed by atoms with van der Waals surface area (Å²) in [5, 5.41) is 16.0. The number of aromatic nitrogens is 5. The third-order valence-electron chi connectivity index (χ3n) is 2.02. The Balaban J connectivity index is 2.28. The number of hydrogen-bond acceptors (Lipinski definition) is 7. The van der Waals surface area contributed by atoms with Gasteiger partial charge in [0.25, 0.3) is 16.0 Å². The average Bonchev–Trinajstić information content (AvgIpc) is 2.79. The minimum atomic E-state index is -3.80. The van der Waals surface area contributed by atoms with Crippen molar-refractivity contribution in [3.63, 3.8) is 0 Å². The van der Waals surface area contributed by atoms with Crippen LogP contribution in [0.25, 0.3) is 0 Å². The minimum absolute atomic E-state index is 0.0238. The number of aromatic amines is 1. The molecule has 0 aromatic carbocycles. The molecule has 2 aromatic heterocycles. The van der Waals surface area contributed by atoms with E-state index in [0.29, 0.717) is 12.1 Å². The van der Waals surface area contributed by atoms with Crippen LogP contribution in [-0.4, -0.2) is 40.8 Å². The first kappa shape index (κ1) is 12.4. The van der Waals surface area contributed by atoms with Gasteiger partial charge in [-0.05, 0) is 7.05 Å². The highest BCUT2D eigenvalue weighted by molar-refractivity contribution is 7.92. The van der Waals surface area contributed by atoms with E-state index < -0.39 is 10.0 Å². The number of rotatable bonds is 5. The standard InChI is InChI=1S/C8H11N7O2S/c1-9-4-6-5-12-13-7(6)18(16,17)15-8-10-2-3-11-14-8/h2-3,5,9H,4H2,1H3,(H,12,13)(H,10,14,15). The highest BCUT2D eigenvalue weighted by atomic mass is 32.2. The van der Waals surface area contributed by atoms with Gasteiger partial charge in [-0.15, -0.1) is 5.10 Å². The van der Waals surface area contributed by atoms with E-state index in [1.54, 1.807) is 7.05 Å². The van der Waals surface area contributed by atoms with Gasteiger partial charge in [-0.25, -0.2) is 9.71 Å². The topological polar surface area (TPSA) is 126 Å². The Morgan fingerprint density at radius 3 is 2.89 bits per heavy atom. The molecule has 2 rings (SSSR count). The van der Waals surface area contributed by atoms with Gasteiger partial charge in [-0.3, -0.25) is 5.10 Å². The van der Waals surface area contributed by atoms with Crippen LogP contribution in [0.2, 0.25) is 0 Å². The monoisotopic (exact) mass is 269 g/mol. The molecule has 3 N–H and O–H groups in total. The maximum Gasteiger partial charge on any atom is 0.281 e. The van der Waals surface area contributed by atoms with Crippen molar-refractivity contribution in [2.75, 3.05) is 11.8 Å². The highest BCUT2D eigenvalue weighted by Gasteiger charge is 2.21. The predicted molar refractivity (Wildman–Crippen MR) is 62.0 cm³/mol. The van der Waals surface area contributed by atoms with Crippen LogP contribution in [0.15, 0.2) is 23.6 Å². The lowest BCUT2D eigenvalue weighted by Crippen LogP contribution is -2.18. The summed E-state index contributed by atoms with van der Waals surface area (Å²) in [6.07, 6.45) is 4.13. The van der Waals surface area contributed by atoms with Crippen LogP contribution in [0.3, 0.4) is 0 Å². The zero-order chi connectivity index (χ0) is 13.0. The quantitative estimate of drug-likeness (QED) is 0.643. The maximum atomic E-state index is 12.0. The van der Waals surface area contributed by atoms with Crippen molar-refractivity contribution in [2.45, 2.75) is 11.6 Å². The lowest BCUT2D eigenvalue weighted by atomic mass is 10.4. The molecule has 9 nitrogen and oxygen atoms in total. The summed E-state index contributed by atoms with van der Waals surface area (Å²) in [6, 6.07) is 0. The first-order valence-electron chi connectivity index (χ1n) is 4.97. The minimum Gasteiger partial charge on any atom is -0.316 e. The second-order valence-corrected chi connectivity index (χ2v) is 4.95. The summed E-state index contributed by atoms with van der Waals surface area (Å²) < 4.78 is 26.3. The number of anilines is 1. The average molecular weight is 269 g/mol. The molecule has 96 valence electrons. The molecular weight excluding hydrogens is 258 g/mol. The summed E-state index contributed by atoms with van der Waals surface area (Å²) in [6.45, 7) is 0.376. The number of nitrogens with one attached hydrogen (secondary N) is 3. The van der Waals surface area contributed by atoms with Gasteiger partial charge in [-0.2, -0.15) is 18.6 Å². The Labute approximate surface area is 103 Å². The van der Waals surface area contributed by atoms with E-state index in [2.05, 4.69) is 35.4 Å². The van der Waals surface area contributed by atoms with Crippen LogP contribution in [-0.2, 0) is 16.6 Å². The van der Waals surface area contributed by atoms with Gasteiger partial charge in [0, 0.05) is 12.1 Å². The summed E-state index contributed by atoms with van der Waals surface area (Å²) in [5.41, 5.74) is 0.522. The van der Waals surface area contributed by atoms with Gasteiger partial charge >= 0.3 is 0 Å². The van der Waals surface area contributed by atoms with E-state index in [9.17, 15) is 8.42 Å². The molecule has 18 heavy (non-hydrogen) atoms. The van der Waals surface area contributed by atoms with E-state index in [1.165, 1.54) is 18.6 Å². The number of hydrogen-bond donors (Lipinski definition) is 3. The first-order chi connectivity index (χ1) is 8.63. The highest BCUT2D eigenvalue weighted by Crippen LogP contribution is 2.14. The molecular formula is C8H11N7O2S. The van der Waals surface area contributed by atoms with Gasteiger partial charge in [0.05, 0.1) is 18.6 Å². The normalized spacial score (nSPS) is 11.4. The van der Waals surface area contributed by atoms with E-state index in [0.717, 1.165) is 0 Å². The second-order valence-electron chi connectivity index (χ2n) is 3.33. The first-order valence-corrected chi connectivity index (χ1v) is 6.45. The molecule has 0 spiro atoms. The lowest BCUT2D eigenvalue weighted by molar-refractivity contribution is 0.594. The third kappa shape index (κ3) is 2.60. The van der Waals surface area contributed by atoms with Gasteiger partial charge in [-0.1, -0.05) is 0 Å². The van der Waals surface area contributed by atoms with Crippen LogP contribution >= 0.6 is 0 Å². The van der Waals surface area contributed by atoms with E-state index in [-0.39, 0.29) is 11.0 Å². The van der Waals surface area contributed by atoms with Crippen molar-refractivity contribution in [3.05, 3.63) is 24.2 Å². The van der Waals surface area contributed by atoms with Gasteiger partial charge in [0.15, 0.2) is 5.03 Å². The van der Waals surface area contributed by atoms with Crippen LogP contribution in [0.4, 0.5) is 5.95 Å². The summed E-state index contributed by atoms with van der Waals surface area (Å²) in [7, 11) is -2.09. The second kappa shape index (κ2) is 5.06. The zero-order valence-corrected chi connectivity index (χ0v) is 10.3. The van der Waals surface area contributed by atoms with Gasteiger partial charge in [0.1, 0.15) is 0 Å². The van der Waals surface area contributed by atoms with Crippen molar-refractivity contribution in [3.8, 4) is 0 Å².